The van der Waals surface area contributed by atoms with Crippen molar-refractivity contribution in [1.29, 1.82) is 0 Å². The lowest BCUT2D eigenvalue weighted by atomic mass is 10.2. The molecule has 8 nitrogen and oxygen atoms in total. The molecule has 0 atom stereocenters. The number of methoxy groups -OCH3 is 2. The van der Waals surface area contributed by atoms with Crippen molar-refractivity contribution in [3.63, 3.8) is 0 Å². The number of nitrogens with one attached hydrogen (secondary N) is 1. The average molecular weight is 316 g/mol. The van der Waals surface area contributed by atoms with E-state index in [1.165, 1.54) is 25.0 Å². The summed E-state index contributed by atoms with van der Waals surface area (Å²) in [4.78, 5) is 17.2. The van der Waals surface area contributed by atoms with Gasteiger partial charge in [-0.05, 0) is 18.2 Å². The van der Waals surface area contributed by atoms with Crippen LogP contribution >= 0.6 is 0 Å². The van der Waals surface area contributed by atoms with Gasteiger partial charge in [0.15, 0.2) is 11.5 Å². The Morgan fingerprint density at radius 2 is 2.04 bits per heavy atom. The number of furan rings is 1. The maximum Gasteiger partial charge on any atom is 0.263 e. The zero-order valence-electron chi connectivity index (χ0n) is 12.7. The second-order valence-electron chi connectivity index (χ2n) is 4.77. The van der Waals surface area contributed by atoms with Crippen molar-refractivity contribution in [3.05, 3.63) is 46.6 Å². The molecule has 3 rings (SSSR count). The fraction of sp³-hybridized carbons (Fsp3) is 0.200. The lowest BCUT2D eigenvalue weighted by Crippen LogP contribution is -2.27. The van der Waals surface area contributed by atoms with Crippen LogP contribution in [0.4, 0.5) is 5.95 Å². The highest BCUT2D eigenvalue weighted by molar-refractivity contribution is 5.82. The number of hydrogen-bond donors (Lipinski definition) is 2. The molecule has 2 aromatic heterocycles. The maximum atomic E-state index is 12.8. The molecule has 0 bridgehead atoms. The number of ether oxygens (including phenoxy) is 2. The van der Waals surface area contributed by atoms with Crippen LogP contribution in [-0.4, -0.2) is 23.8 Å². The van der Waals surface area contributed by atoms with E-state index in [-0.39, 0.29) is 18.1 Å². The molecule has 0 aliphatic rings. The number of anilines is 1. The summed E-state index contributed by atoms with van der Waals surface area (Å²) in [6.07, 6.45) is 1.54. The van der Waals surface area contributed by atoms with Crippen LogP contribution in [0.1, 0.15) is 5.76 Å². The van der Waals surface area contributed by atoms with E-state index in [0.717, 1.165) is 0 Å². The lowest BCUT2D eigenvalue weighted by Gasteiger charge is -2.13. The largest absolute Gasteiger partial charge is 0.493 e. The lowest BCUT2D eigenvalue weighted by molar-refractivity contribution is 0.355. The molecule has 0 aliphatic heterocycles. The quantitative estimate of drug-likeness (QED) is 0.540. The van der Waals surface area contributed by atoms with Crippen LogP contribution in [0, 0.1) is 0 Å². The molecule has 0 radical (unpaired) electrons. The van der Waals surface area contributed by atoms with Crippen molar-refractivity contribution in [2.75, 3.05) is 19.6 Å². The van der Waals surface area contributed by atoms with E-state index in [1.807, 2.05) is 0 Å². The van der Waals surface area contributed by atoms with Gasteiger partial charge in [-0.3, -0.25) is 14.8 Å². The maximum absolute atomic E-state index is 12.8. The zero-order chi connectivity index (χ0) is 16.4. The summed E-state index contributed by atoms with van der Waals surface area (Å²) >= 11 is 0. The monoisotopic (exact) mass is 316 g/mol. The molecule has 1 aromatic carbocycles. The van der Waals surface area contributed by atoms with Crippen molar-refractivity contribution in [2.45, 2.75) is 6.54 Å². The number of rotatable bonds is 5. The van der Waals surface area contributed by atoms with Crippen molar-refractivity contribution in [1.82, 2.24) is 9.55 Å². The minimum Gasteiger partial charge on any atom is -0.493 e. The van der Waals surface area contributed by atoms with E-state index < -0.39 is 0 Å². The Kier molecular flexibility index (Phi) is 3.90. The molecule has 0 unspecified atom stereocenters. The molecule has 0 amide bonds. The van der Waals surface area contributed by atoms with E-state index in [4.69, 9.17) is 19.7 Å². The van der Waals surface area contributed by atoms with Gasteiger partial charge in [-0.2, -0.15) is 0 Å². The number of aromatic nitrogens is 2. The molecule has 120 valence electrons. The number of nitrogen functional groups attached to an aromatic ring is 1. The van der Waals surface area contributed by atoms with E-state index in [1.54, 1.807) is 24.3 Å². The summed E-state index contributed by atoms with van der Waals surface area (Å²) in [6.45, 7) is 0.211. The summed E-state index contributed by atoms with van der Waals surface area (Å²) in [6, 6.07) is 6.75. The summed E-state index contributed by atoms with van der Waals surface area (Å²) in [5.74, 6) is 7.29. The van der Waals surface area contributed by atoms with Crippen LogP contribution in [0.5, 0.6) is 11.5 Å². The standard InChI is InChI=1S/C15H16N4O4/c1-21-12-6-10-11(7-13(12)22-2)17-15(18-16)19(14(10)20)8-9-4-3-5-23-9/h3-7H,8,16H2,1-2H3,(H,17,18). The first-order valence-corrected chi connectivity index (χ1v) is 6.83. The number of benzene rings is 1. The molecule has 3 aromatic rings. The molecular formula is C15H16N4O4. The number of fused-ring (bicyclic) bond motifs is 1. The van der Waals surface area contributed by atoms with Crippen LogP contribution in [0.2, 0.25) is 0 Å². The number of nitrogens with two attached hydrogens (primary N) is 1. The smallest absolute Gasteiger partial charge is 0.263 e. The second kappa shape index (κ2) is 6.01. The molecule has 8 heteroatoms. The predicted molar refractivity (Wildman–Crippen MR) is 84.7 cm³/mol. The van der Waals surface area contributed by atoms with Gasteiger partial charge in [0.25, 0.3) is 5.56 Å². The zero-order valence-corrected chi connectivity index (χ0v) is 12.7. The van der Waals surface area contributed by atoms with Crippen molar-refractivity contribution in [3.8, 4) is 11.5 Å². The molecule has 0 spiro atoms. The minimum atomic E-state index is -0.264. The highest BCUT2D eigenvalue weighted by atomic mass is 16.5. The Balaban J connectivity index is 2.24. The van der Waals surface area contributed by atoms with Gasteiger partial charge in [0, 0.05) is 6.07 Å². The summed E-state index contributed by atoms with van der Waals surface area (Å²) in [7, 11) is 3.03. The van der Waals surface area contributed by atoms with Gasteiger partial charge in [-0.1, -0.05) is 0 Å². The highest BCUT2D eigenvalue weighted by Gasteiger charge is 2.15. The molecule has 0 saturated carbocycles. The molecule has 3 N–H and O–H groups in total. The third-order valence-electron chi connectivity index (χ3n) is 3.48. The Bertz CT molecular complexity index is 887. The van der Waals surface area contributed by atoms with Crippen molar-refractivity contribution < 1.29 is 13.9 Å². The minimum absolute atomic E-state index is 0.211. The van der Waals surface area contributed by atoms with Gasteiger partial charge in [0.2, 0.25) is 5.95 Å². The van der Waals surface area contributed by atoms with Gasteiger partial charge in [-0.15, -0.1) is 0 Å². The van der Waals surface area contributed by atoms with Crippen LogP contribution in [0.15, 0.2) is 39.7 Å². The van der Waals surface area contributed by atoms with Gasteiger partial charge in [-0.25, -0.2) is 10.8 Å². The van der Waals surface area contributed by atoms with Gasteiger partial charge in [0.05, 0.1) is 37.9 Å². The fourth-order valence-corrected chi connectivity index (χ4v) is 2.36. The average Bonchev–Trinajstić information content (AvgIpc) is 3.09. The predicted octanol–water partition coefficient (Wildman–Crippen LogP) is 1.34. The first kappa shape index (κ1) is 14.9. The highest BCUT2D eigenvalue weighted by Crippen LogP contribution is 2.30. The van der Waals surface area contributed by atoms with Crippen LogP contribution in [0.3, 0.4) is 0 Å². The van der Waals surface area contributed by atoms with Crippen molar-refractivity contribution in [2.24, 2.45) is 5.84 Å². The normalized spacial score (nSPS) is 10.7. The van der Waals surface area contributed by atoms with E-state index in [2.05, 4.69) is 10.4 Å². The third kappa shape index (κ3) is 2.59. The van der Waals surface area contributed by atoms with E-state index in [9.17, 15) is 4.79 Å². The summed E-state index contributed by atoms with van der Waals surface area (Å²) in [5.41, 5.74) is 2.64. The molecular weight excluding hydrogens is 300 g/mol. The molecule has 2 heterocycles. The summed E-state index contributed by atoms with van der Waals surface area (Å²) in [5, 5.41) is 0.396. The molecule has 0 saturated heterocycles. The van der Waals surface area contributed by atoms with E-state index >= 15 is 0 Å². The first-order chi connectivity index (χ1) is 11.2. The topological polar surface area (TPSA) is 105 Å². The van der Waals surface area contributed by atoms with Crippen LogP contribution in [-0.2, 0) is 6.54 Å². The van der Waals surface area contributed by atoms with Crippen molar-refractivity contribution >= 4 is 16.9 Å². The molecule has 23 heavy (non-hydrogen) atoms. The van der Waals surface area contributed by atoms with Gasteiger partial charge in [0.1, 0.15) is 5.76 Å². The number of hydrogen-bond acceptors (Lipinski definition) is 7. The Morgan fingerprint density at radius 3 is 2.65 bits per heavy atom. The molecule has 0 aliphatic carbocycles. The van der Waals surface area contributed by atoms with E-state index in [0.29, 0.717) is 28.2 Å². The number of nitrogens with zero attached hydrogens (tertiary/aromatic N) is 2. The second-order valence-corrected chi connectivity index (χ2v) is 4.77. The fourth-order valence-electron chi connectivity index (χ4n) is 2.36. The summed E-state index contributed by atoms with van der Waals surface area (Å²) < 4.78 is 17.2. The van der Waals surface area contributed by atoms with Crippen LogP contribution in [0.25, 0.3) is 10.9 Å². The molecule has 0 fully saturated rings. The third-order valence-corrected chi connectivity index (χ3v) is 3.48. The van der Waals surface area contributed by atoms with Crippen LogP contribution < -0.4 is 26.3 Å². The van der Waals surface area contributed by atoms with Gasteiger partial charge >= 0.3 is 0 Å². The Hall–Kier alpha value is -3.00. The SMILES string of the molecule is COc1cc2nc(NN)n(Cc3ccco3)c(=O)c2cc1OC. The Morgan fingerprint density at radius 1 is 1.30 bits per heavy atom. The van der Waals surface area contributed by atoms with Gasteiger partial charge < -0.3 is 13.9 Å². The Labute approximate surface area is 131 Å². The number of hydrazine groups is 1. The first-order valence-electron chi connectivity index (χ1n) is 6.83.